The molecule has 0 bridgehead atoms. The molecule has 5 heteroatoms. The maximum atomic E-state index is 11.3. The molecule has 1 aromatic carbocycles. The van der Waals surface area contributed by atoms with Crippen molar-refractivity contribution in [1.29, 1.82) is 0 Å². The van der Waals surface area contributed by atoms with Crippen LogP contribution in [0.3, 0.4) is 0 Å². The van der Waals surface area contributed by atoms with Crippen LogP contribution >= 0.6 is 0 Å². The molecule has 1 amide bonds. The molecule has 0 aliphatic carbocycles. The number of nitrogens with one attached hydrogen (secondary N) is 1. The van der Waals surface area contributed by atoms with Crippen LogP contribution in [0.15, 0.2) is 36.4 Å². The van der Waals surface area contributed by atoms with Gasteiger partial charge in [0, 0.05) is 7.05 Å². The van der Waals surface area contributed by atoms with Gasteiger partial charge in [-0.3, -0.25) is 0 Å². The van der Waals surface area contributed by atoms with Crippen LogP contribution in [0.5, 0.6) is 5.75 Å². The molecule has 1 N–H and O–H groups in total. The van der Waals surface area contributed by atoms with Gasteiger partial charge in [-0.25, -0.2) is 4.79 Å². The Kier molecular flexibility index (Phi) is 4.33. The first kappa shape index (κ1) is 12.6. The van der Waals surface area contributed by atoms with Gasteiger partial charge < -0.3 is 19.5 Å². The SMILES string of the molecule is CNC(=O)Oc1ccccc1C1OCC=CCO1. The van der Waals surface area contributed by atoms with Crippen LogP contribution in [-0.4, -0.2) is 26.4 Å². The van der Waals surface area contributed by atoms with E-state index in [-0.39, 0.29) is 0 Å². The van der Waals surface area contributed by atoms with Crippen molar-refractivity contribution in [1.82, 2.24) is 5.32 Å². The van der Waals surface area contributed by atoms with Crippen molar-refractivity contribution < 1.29 is 19.0 Å². The van der Waals surface area contributed by atoms with E-state index in [2.05, 4.69) is 5.32 Å². The third kappa shape index (κ3) is 3.09. The van der Waals surface area contributed by atoms with Crippen LogP contribution in [-0.2, 0) is 9.47 Å². The molecule has 0 atom stereocenters. The summed E-state index contributed by atoms with van der Waals surface area (Å²) in [7, 11) is 1.51. The molecule has 1 heterocycles. The lowest BCUT2D eigenvalue weighted by atomic mass is 10.2. The molecule has 0 spiro atoms. The summed E-state index contributed by atoms with van der Waals surface area (Å²) in [5, 5.41) is 2.40. The second-order valence-electron chi connectivity index (χ2n) is 3.65. The number of rotatable bonds is 2. The molecule has 0 aromatic heterocycles. The number of benzene rings is 1. The molecule has 5 nitrogen and oxygen atoms in total. The minimum absolute atomic E-state index is 0.434. The molecule has 0 saturated carbocycles. The zero-order valence-corrected chi connectivity index (χ0v) is 10.1. The fourth-order valence-electron chi connectivity index (χ4n) is 1.57. The van der Waals surface area contributed by atoms with E-state index in [1.54, 1.807) is 12.1 Å². The molecule has 0 saturated heterocycles. The van der Waals surface area contributed by atoms with Gasteiger partial charge in [-0.1, -0.05) is 30.4 Å². The summed E-state index contributed by atoms with van der Waals surface area (Å²) >= 11 is 0. The Labute approximate surface area is 105 Å². The van der Waals surface area contributed by atoms with Crippen LogP contribution in [0.2, 0.25) is 0 Å². The van der Waals surface area contributed by atoms with E-state index in [0.29, 0.717) is 24.5 Å². The van der Waals surface area contributed by atoms with Crippen LogP contribution in [0.25, 0.3) is 0 Å². The van der Waals surface area contributed by atoms with Crippen LogP contribution < -0.4 is 10.1 Å². The molecule has 1 aliphatic heterocycles. The Morgan fingerprint density at radius 1 is 1.28 bits per heavy atom. The number of ether oxygens (including phenoxy) is 3. The van der Waals surface area contributed by atoms with Crippen LogP contribution in [0.1, 0.15) is 11.9 Å². The number of amides is 1. The Hall–Kier alpha value is -1.85. The Morgan fingerprint density at radius 3 is 2.61 bits per heavy atom. The Balaban J connectivity index is 2.18. The average Bonchev–Trinajstić information content (AvgIpc) is 2.68. The lowest BCUT2D eigenvalue weighted by molar-refractivity contribution is -0.126. The van der Waals surface area contributed by atoms with E-state index in [1.165, 1.54) is 7.05 Å². The molecular weight excluding hydrogens is 234 g/mol. The highest BCUT2D eigenvalue weighted by Gasteiger charge is 2.19. The van der Waals surface area contributed by atoms with Gasteiger partial charge in [0.05, 0.1) is 18.8 Å². The molecule has 18 heavy (non-hydrogen) atoms. The zero-order valence-electron chi connectivity index (χ0n) is 10.1. The first-order chi connectivity index (χ1) is 8.81. The highest BCUT2D eigenvalue weighted by molar-refractivity contribution is 5.70. The summed E-state index contributed by atoms with van der Waals surface area (Å²) in [6, 6.07) is 7.15. The average molecular weight is 249 g/mol. The van der Waals surface area contributed by atoms with Crippen molar-refractivity contribution >= 4 is 6.09 Å². The van der Waals surface area contributed by atoms with Gasteiger partial charge >= 0.3 is 6.09 Å². The molecule has 0 radical (unpaired) electrons. The van der Waals surface area contributed by atoms with Gasteiger partial charge in [0.25, 0.3) is 0 Å². The van der Waals surface area contributed by atoms with Gasteiger partial charge in [-0.15, -0.1) is 0 Å². The maximum absolute atomic E-state index is 11.3. The lowest BCUT2D eigenvalue weighted by Gasteiger charge is -2.18. The number of hydrogen-bond acceptors (Lipinski definition) is 4. The van der Waals surface area contributed by atoms with Crippen molar-refractivity contribution in [3.8, 4) is 5.75 Å². The maximum Gasteiger partial charge on any atom is 0.412 e. The topological polar surface area (TPSA) is 56.8 Å². The second-order valence-corrected chi connectivity index (χ2v) is 3.65. The molecule has 0 unspecified atom stereocenters. The third-order valence-corrected chi connectivity index (χ3v) is 2.43. The normalized spacial score (nSPS) is 16.1. The van der Waals surface area contributed by atoms with Crippen molar-refractivity contribution in [3.63, 3.8) is 0 Å². The standard InChI is InChI=1S/C13H15NO4/c1-14-13(15)18-11-7-3-2-6-10(11)12-16-8-4-5-9-17-12/h2-7,12H,8-9H2,1H3,(H,14,15). The molecule has 2 rings (SSSR count). The fourth-order valence-corrected chi connectivity index (χ4v) is 1.57. The molecule has 0 fully saturated rings. The van der Waals surface area contributed by atoms with E-state index in [4.69, 9.17) is 14.2 Å². The predicted molar refractivity (Wildman–Crippen MR) is 65.3 cm³/mol. The lowest BCUT2D eigenvalue weighted by Crippen LogP contribution is -2.23. The fraction of sp³-hybridized carbons (Fsp3) is 0.308. The monoisotopic (exact) mass is 249 g/mol. The van der Waals surface area contributed by atoms with E-state index < -0.39 is 12.4 Å². The molecule has 1 aromatic rings. The largest absolute Gasteiger partial charge is 0.412 e. The smallest absolute Gasteiger partial charge is 0.410 e. The van der Waals surface area contributed by atoms with Crippen LogP contribution in [0.4, 0.5) is 4.79 Å². The summed E-state index contributed by atoms with van der Waals surface area (Å²) < 4.78 is 16.2. The molecular formula is C13H15NO4. The number of carbonyl (C=O) groups excluding carboxylic acids is 1. The van der Waals surface area contributed by atoms with Gasteiger partial charge in [0.2, 0.25) is 0 Å². The second kappa shape index (κ2) is 6.18. The summed E-state index contributed by atoms with van der Waals surface area (Å²) in [6.45, 7) is 0.942. The number of para-hydroxylation sites is 1. The molecule has 1 aliphatic rings. The number of carbonyl (C=O) groups is 1. The van der Waals surface area contributed by atoms with E-state index in [9.17, 15) is 4.79 Å². The quantitative estimate of drug-likeness (QED) is 0.814. The van der Waals surface area contributed by atoms with Crippen molar-refractivity contribution in [3.05, 3.63) is 42.0 Å². The minimum atomic E-state index is -0.527. The van der Waals surface area contributed by atoms with E-state index >= 15 is 0 Å². The highest BCUT2D eigenvalue weighted by atomic mass is 16.7. The minimum Gasteiger partial charge on any atom is -0.410 e. The Morgan fingerprint density at radius 2 is 1.94 bits per heavy atom. The summed E-state index contributed by atoms with van der Waals surface area (Å²) in [6.07, 6.45) is 2.74. The summed E-state index contributed by atoms with van der Waals surface area (Å²) in [5.74, 6) is 0.434. The van der Waals surface area contributed by atoms with Gasteiger partial charge in [0.1, 0.15) is 5.75 Å². The van der Waals surface area contributed by atoms with Gasteiger partial charge in [0.15, 0.2) is 6.29 Å². The summed E-state index contributed by atoms with van der Waals surface area (Å²) in [5.41, 5.74) is 0.699. The van der Waals surface area contributed by atoms with Crippen LogP contribution in [0, 0.1) is 0 Å². The Bertz CT molecular complexity index is 434. The number of hydrogen-bond donors (Lipinski definition) is 1. The molecule has 96 valence electrons. The van der Waals surface area contributed by atoms with Crippen molar-refractivity contribution in [2.45, 2.75) is 6.29 Å². The van der Waals surface area contributed by atoms with E-state index in [1.807, 2.05) is 24.3 Å². The van der Waals surface area contributed by atoms with Crippen molar-refractivity contribution in [2.24, 2.45) is 0 Å². The van der Waals surface area contributed by atoms with Crippen molar-refractivity contribution in [2.75, 3.05) is 20.3 Å². The predicted octanol–water partition coefficient (Wildman–Crippen LogP) is 2.01. The first-order valence-corrected chi connectivity index (χ1v) is 5.68. The zero-order chi connectivity index (χ0) is 12.8. The van der Waals surface area contributed by atoms with Gasteiger partial charge in [-0.05, 0) is 6.07 Å². The van der Waals surface area contributed by atoms with E-state index in [0.717, 1.165) is 0 Å². The third-order valence-electron chi connectivity index (χ3n) is 2.43. The first-order valence-electron chi connectivity index (χ1n) is 5.68. The highest BCUT2D eigenvalue weighted by Crippen LogP contribution is 2.29. The summed E-state index contributed by atoms with van der Waals surface area (Å²) in [4.78, 5) is 11.3. The van der Waals surface area contributed by atoms with Gasteiger partial charge in [-0.2, -0.15) is 0 Å².